The normalized spacial score (nSPS) is 11.2. The van der Waals surface area contributed by atoms with Crippen LogP contribution in [-0.4, -0.2) is 104 Å². The monoisotopic (exact) mass is 778 g/mol. The number of nitriles is 2. The quantitative estimate of drug-likeness (QED) is 0.0412. The van der Waals surface area contributed by atoms with E-state index < -0.39 is 11.9 Å². The van der Waals surface area contributed by atoms with Gasteiger partial charge in [0.25, 0.3) is 0 Å². The molecular formula is C42H58N4O10. The van der Waals surface area contributed by atoms with Crippen LogP contribution in [0.4, 0.5) is 11.4 Å². The predicted octanol–water partition coefficient (Wildman–Crippen LogP) is 6.61. The Balaban J connectivity index is 2.08. The minimum Gasteiger partial charge on any atom is -0.493 e. The molecule has 14 heteroatoms. The third-order valence-electron chi connectivity index (χ3n) is 8.06. The molecule has 14 nitrogen and oxygen atoms in total. The average molecular weight is 779 g/mol. The molecule has 0 aliphatic rings. The van der Waals surface area contributed by atoms with Gasteiger partial charge in [-0.3, -0.25) is 0 Å². The number of hydrogen-bond acceptors (Lipinski definition) is 14. The molecule has 2 aromatic rings. The van der Waals surface area contributed by atoms with Crippen molar-refractivity contribution >= 4 is 35.5 Å². The lowest BCUT2D eigenvalue weighted by atomic mass is 10.1. The molecule has 0 spiro atoms. The van der Waals surface area contributed by atoms with Gasteiger partial charge in [-0.05, 0) is 67.5 Å². The van der Waals surface area contributed by atoms with Crippen LogP contribution in [0.15, 0.2) is 35.4 Å². The van der Waals surface area contributed by atoms with Gasteiger partial charge in [0.05, 0.1) is 77.2 Å². The molecular weight excluding hydrogens is 720 g/mol. The van der Waals surface area contributed by atoms with E-state index in [1.165, 1.54) is 12.2 Å². The number of benzene rings is 2. The first kappa shape index (κ1) is 46.7. The van der Waals surface area contributed by atoms with Crippen LogP contribution in [0, 0.1) is 22.7 Å². The number of esters is 2. The Kier molecular flexibility index (Phi) is 22.0. The minimum absolute atomic E-state index is 0.148. The fourth-order valence-corrected chi connectivity index (χ4v) is 5.51. The van der Waals surface area contributed by atoms with Gasteiger partial charge in [-0.15, -0.1) is 0 Å². The van der Waals surface area contributed by atoms with Crippen molar-refractivity contribution in [3.63, 3.8) is 0 Å². The van der Waals surface area contributed by atoms with Crippen molar-refractivity contribution in [1.82, 2.24) is 0 Å². The maximum absolute atomic E-state index is 12.4. The highest BCUT2D eigenvalue weighted by Crippen LogP contribution is 2.38. The van der Waals surface area contributed by atoms with Gasteiger partial charge in [0.1, 0.15) is 46.3 Å². The number of anilines is 2. The highest BCUT2D eigenvalue weighted by atomic mass is 16.5. The number of carbonyl (C=O) groups excluding carboxylic acids is 2. The predicted molar refractivity (Wildman–Crippen MR) is 215 cm³/mol. The molecule has 0 fully saturated rings. The van der Waals surface area contributed by atoms with Gasteiger partial charge in [-0.25, -0.2) is 9.59 Å². The smallest absolute Gasteiger partial charge is 0.348 e. The lowest BCUT2D eigenvalue weighted by molar-refractivity contribution is -0.138. The highest BCUT2D eigenvalue weighted by Gasteiger charge is 2.20. The number of likely N-dealkylation sites (N-methyl/N-ethyl adjacent to an activating group) is 2. The van der Waals surface area contributed by atoms with E-state index in [1.807, 2.05) is 77.9 Å². The Bertz CT molecular complexity index is 1520. The van der Waals surface area contributed by atoms with Crippen LogP contribution < -0.4 is 28.7 Å². The first-order valence-corrected chi connectivity index (χ1v) is 19.3. The van der Waals surface area contributed by atoms with Crippen molar-refractivity contribution in [2.45, 2.75) is 55.4 Å². The van der Waals surface area contributed by atoms with Crippen molar-refractivity contribution in [3.05, 3.63) is 46.5 Å². The molecule has 306 valence electrons. The van der Waals surface area contributed by atoms with E-state index >= 15 is 0 Å². The molecule has 56 heavy (non-hydrogen) atoms. The molecule has 0 saturated heterocycles. The Morgan fingerprint density at radius 1 is 0.536 bits per heavy atom. The topological polar surface area (TPSA) is 162 Å². The molecule has 2 rings (SSSR count). The molecule has 0 N–H and O–H groups in total. The lowest BCUT2D eigenvalue weighted by Crippen LogP contribution is -2.29. The first-order valence-electron chi connectivity index (χ1n) is 19.3. The zero-order valence-corrected chi connectivity index (χ0v) is 34.2. The van der Waals surface area contributed by atoms with Gasteiger partial charge in [-0.1, -0.05) is 0 Å². The Labute approximate surface area is 332 Å². The largest absolute Gasteiger partial charge is 0.493 e. The van der Waals surface area contributed by atoms with E-state index in [0.717, 1.165) is 11.4 Å². The van der Waals surface area contributed by atoms with Gasteiger partial charge in [0, 0.05) is 61.8 Å². The number of carbonyl (C=O) groups is 2. The standard InChI is InChI=1S/C42H58N4O10/c1-9-45(33-25-37(51-11-3)35(38(26-33)52-12-4)23-31(29-43)41(47)55-15-7)17-19-49-21-22-50-20-18-46(10-2)34-27-39(53-13-5)36(40(28-34)54-14-6)24-32(30-44)42(48)56-16-8/h23-28H,9-22H2,1-8H3/b31-23+,32-24+. The second-order valence-electron chi connectivity index (χ2n) is 11.6. The fraction of sp³-hybridized carbons (Fsp3) is 0.524. The summed E-state index contributed by atoms with van der Waals surface area (Å²) in [6.07, 6.45) is 2.90. The van der Waals surface area contributed by atoms with Crippen LogP contribution in [0.5, 0.6) is 23.0 Å². The molecule has 0 saturated carbocycles. The van der Waals surface area contributed by atoms with Crippen molar-refractivity contribution in [3.8, 4) is 35.1 Å². The maximum Gasteiger partial charge on any atom is 0.348 e. The van der Waals surface area contributed by atoms with Crippen molar-refractivity contribution in [2.75, 3.05) is 102 Å². The van der Waals surface area contributed by atoms with Gasteiger partial charge < -0.3 is 47.7 Å². The van der Waals surface area contributed by atoms with Crippen molar-refractivity contribution < 1.29 is 47.5 Å². The summed E-state index contributed by atoms with van der Waals surface area (Å²) in [5.41, 5.74) is 2.38. The summed E-state index contributed by atoms with van der Waals surface area (Å²) in [5, 5.41) is 19.3. The molecule has 0 heterocycles. The summed E-state index contributed by atoms with van der Waals surface area (Å²) < 4.78 is 45.7. The van der Waals surface area contributed by atoms with E-state index in [2.05, 4.69) is 9.80 Å². The van der Waals surface area contributed by atoms with Crippen LogP contribution in [0.2, 0.25) is 0 Å². The molecule has 2 aromatic carbocycles. The van der Waals surface area contributed by atoms with E-state index in [-0.39, 0.29) is 24.4 Å². The SMILES string of the molecule is CCOC(=O)/C(C#N)=C/c1c(OCC)cc(N(CC)CCOCCOCCN(CC)c2cc(OCC)c(/C=C(\C#N)C(=O)OCC)c(OCC)c2)cc1OCC. The van der Waals surface area contributed by atoms with Gasteiger partial charge in [0.2, 0.25) is 0 Å². The van der Waals surface area contributed by atoms with Crippen LogP contribution in [0.1, 0.15) is 66.5 Å². The molecule has 0 aromatic heterocycles. The summed E-state index contributed by atoms with van der Waals surface area (Å²) >= 11 is 0. The second-order valence-corrected chi connectivity index (χ2v) is 11.6. The number of ether oxygens (including phenoxy) is 8. The summed E-state index contributed by atoms with van der Waals surface area (Å²) in [6, 6.07) is 11.3. The average Bonchev–Trinajstić information content (AvgIpc) is 3.18. The summed E-state index contributed by atoms with van der Waals surface area (Å²) in [5.74, 6) is 0.518. The first-order chi connectivity index (χ1) is 27.2. The summed E-state index contributed by atoms with van der Waals surface area (Å²) in [7, 11) is 0. The molecule has 0 aliphatic carbocycles. The molecule has 0 unspecified atom stereocenters. The molecule has 0 aliphatic heterocycles. The molecule has 0 radical (unpaired) electrons. The number of rotatable bonds is 27. The fourth-order valence-electron chi connectivity index (χ4n) is 5.51. The van der Waals surface area contributed by atoms with Crippen molar-refractivity contribution in [2.24, 2.45) is 0 Å². The van der Waals surface area contributed by atoms with E-state index in [0.29, 0.717) is 113 Å². The van der Waals surface area contributed by atoms with Crippen LogP contribution in [-0.2, 0) is 28.5 Å². The Hall–Kier alpha value is -5.44. The highest BCUT2D eigenvalue weighted by molar-refractivity contribution is 5.99. The molecule has 0 amide bonds. The van der Waals surface area contributed by atoms with E-state index in [9.17, 15) is 20.1 Å². The summed E-state index contributed by atoms with van der Waals surface area (Å²) in [6.45, 7) is 20.9. The van der Waals surface area contributed by atoms with Gasteiger partial charge >= 0.3 is 11.9 Å². The van der Waals surface area contributed by atoms with E-state index in [1.54, 1.807) is 13.8 Å². The Morgan fingerprint density at radius 3 is 1.11 bits per heavy atom. The zero-order valence-electron chi connectivity index (χ0n) is 34.2. The second kappa shape index (κ2) is 26.4. The summed E-state index contributed by atoms with van der Waals surface area (Å²) in [4.78, 5) is 29.0. The van der Waals surface area contributed by atoms with Crippen LogP contribution in [0.3, 0.4) is 0 Å². The number of nitrogens with zero attached hydrogens (tertiary/aromatic N) is 4. The third kappa shape index (κ3) is 14.3. The lowest BCUT2D eigenvalue weighted by Gasteiger charge is -2.26. The molecule has 0 bridgehead atoms. The zero-order chi connectivity index (χ0) is 41.3. The van der Waals surface area contributed by atoms with E-state index in [4.69, 9.17) is 37.9 Å². The molecule has 0 atom stereocenters. The van der Waals surface area contributed by atoms with Crippen LogP contribution >= 0.6 is 0 Å². The van der Waals surface area contributed by atoms with Crippen LogP contribution in [0.25, 0.3) is 12.2 Å². The third-order valence-corrected chi connectivity index (χ3v) is 8.06. The Morgan fingerprint density at radius 2 is 0.857 bits per heavy atom. The van der Waals surface area contributed by atoms with Gasteiger partial charge in [0.15, 0.2) is 0 Å². The van der Waals surface area contributed by atoms with Gasteiger partial charge in [-0.2, -0.15) is 10.5 Å². The minimum atomic E-state index is -0.709. The van der Waals surface area contributed by atoms with Crippen molar-refractivity contribution in [1.29, 1.82) is 10.5 Å². The maximum atomic E-state index is 12.4. The number of hydrogen-bond donors (Lipinski definition) is 0.